The van der Waals surface area contributed by atoms with Crippen LogP contribution in [-0.4, -0.2) is 48.0 Å². The highest BCUT2D eigenvalue weighted by atomic mass is 35.5. The van der Waals surface area contributed by atoms with Crippen molar-refractivity contribution in [1.82, 2.24) is 9.88 Å². The maximum absolute atomic E-state index is 12.0. The molecule has 2 heterocycles. The summed E-state index contributed by atoms with van der Waals surface area (Å²) in [6.07, 6.45) is 2.95. The molecule has 1 amide bonds. The lowest BCUT2D eigenvalue weighted by Gasteiger charge is -2.21. The molecule has 0 aromatic carbocycles. The number of esters is 1. The second-order valence-corrected chi connectivity index (χ2v) is 5.53. The van der Waals surface area contributed by atoms with Gasteiger partial charge in [0.2, 0.25) is 5.91 Å². The quantitative estimate of drug-likeness (QED) is 0.854. The summed E-state index contributed by atoms with van der Waals surface area (Å²) < 4.78 is 4.74. The number of pyridine rings is 1. The van der Waals surface area contributed by atoms with E-state index in [1.54, 1.807) is 4.90 Å². The number of ether oxygens (including phenoxy) is 1. The van der Waals surface area contributed by atoms with Gasteiger partial charge < -0.3 is 10.1 Å². The van der Waals surface area contributed by atoms with E-state index in [9.17, 15) is 9.59 Å². The number of halogens is 2. The Morgan fingerprint density at radius 1 is 1.52 bits per heavy atom. The lowest BCUT2D eigenvalue weighted by Crippen LogP contribution is -2.41. The standard InChI is InChI=1S/C13H15Cl2N3O3/c1-21-13(20)10-3-2-4-18(10)7-11(19)17-12-9(15)5-8(14)6-16-12/h5-6,10H,2-4,7H2,1H3,(H,16,17,19). The Morgan fingerprint density at radius 3 is 2.95 bits per heavy atom. The number of rotatable bonds is 4. The minimum atomic E-state index is -0.366. The van der Waals surface area contributed by atoms with Gasteiger partial charge >= 0.3 is 5.97 Å². The number of methoxy groups -OCH3 is 1. The molecular formula is C13H15Cl2N3O3. The molecule has 8 heteroatoms. The second kappa shape index (κ2) is 7.06. The summed E-state index contributed by atoms with van der Waals surface area (Å²) >= 11 is 11.7. The third-order valence-corrected chi connectivity index (χ3v) is 3.74. The molecular weight excluding hydrogens is 317 g/mol. The van der Waals surface area contributed by atoms with Gasteiger partial charge in [-0.3, -0.25) is 14.5 Å². The Kier molecular flexibility index (Phi) is 5.39. The molecule has 2 rings (SSSR count). The van der Waals surface area contributed by atoms with E-state index in [0.29, 0.717) is 18.0 Å². The van der Waals surface area contributed by atoms with Gasteiger partial charge in [-0.1, -0.05) is 23.2 Å². The van der Waals surface area contributed by atoms with Crippen molar-refractivity contribution in [3.8, 4) is 0 Å². The van der Waals surface area contributed by atoms with Crippen LogP contribution in [0.15, 0.2) is 12.3 Å². The monoisotopic (exact) mass is 331 g/mol. The van der Waals surface area contributed by atoms with Crippen molar-refractivity contribution >= 4 is 40.9 Å². The van der Waals surface area contributed by atoms with Crippen LogP contribution in [0.2, 0.25) is 10.0 Å². The van der Waals surface area contributed by atoms with Gasteiger partial charge in [-0.25, -0.2) is 4.98 Å². The molecule has 6 nitrogen and oxygen atoms in total. The molecule has 1 atom stereocenters. The summed E-state index contributed by atoms with van der Waals surface area (Å²) in [5, 5.41) is 3.26. The minimum Gasteiger partial charge on any atom is -0.468 e. The fraction of sp³-hybridized carbons (Fsp3) is 0.462. The minimum absolute atomic E-state index is 0.0837. The van der Waals surface area contributed by atoms with E-state index in [-0.39, 0.29) is 35.3 Å². The Bertz CT molecular complexity index is 553. The Labute approximate surface area is 132 Å². The van der Waals surface area contributed by atoms with Crippen molar-refractivity contribution in [2.24, 2.45) is 0 Å². The van der Waals surface area contributed by atoms with Gasteiger partial charge in [0.05, 0.1) is 23.7 Å². The van der Waals surface area contributed by atoms with E-state index in [1.807, 2.05) is 0 Å². The lowest BCUT2D eigenvalue weighted by atomic mass is 10.2. The highest BCUT2D eigenvalue weighted by Crippen LogP contribution is 2.23. The fourth-order valence-corrected chi connectivity index (χ4v) is 2.71. The molecule has 1 N–H and O–H groups in total. The van der Waals surface area contributed by atoms with E-state index in [4.69, 9.17) is 27.9 Å². The molecule has 0 aliphatic carbocycles. The van der Waals surface area contributed by atoms with Crippen LogP contribution in [0, 0.1) is 0 Å². The normalized spacial score (nSPS) is 18.5. The first-order valence-corrected chi connectivity index (χ1v) is 7.19. The SMILES string of the molecule is COC(=O)C1CCCN1CC(=O)Nc1ncc(Cl)cc1Cl. The number of likely N-dealkylation sites (tertiary alicyclic amines) is 1. The van der Waals surface area contributed by atoms with Crippen molar-refractivity contribution in [2.75, 3.05) is 25.5 Å². The molecule has 1 fully saturated rings. The number of nitrogens with zero attached hydrogens (tertiary/aromatic N) is 2. The molecule has 1 aromatic rings. The Hall–Kier alpha value is -1.37. The first-order chi connectivity index (χ1) is 10.0. The maximum atomic E-state index is 12.0. The Morgan fingerprint density at radius 2 is 2.29 bits per heavy atom. The van der Waals surface area contributed by atoms with Crippen molar-refractivity contribution in [2.45, 2.75) is 18.9 Å². The number of hydrogen-bond acceptors (Lipinski definition) is 5. The summed E-state index contributed by atoms with van der Waals surface area (Å²) in [5.74, 6) is -0.356. The molecule has 0 radical (unpaired) electrons. The number of amides is 1. The highest BCUT2D eigenvalue weighted by molar-refractivity contribution is 6.36. The molecule has 0 spiro atoms. The van der Waals surface area contributed by atoms with Gasteiger partial charge in [0.15, 0.2) is 5.82 Å². The molecule has 1 aliphatic rings. The van der Waals surface area contributed by atoms with E-state index < -0.39 is 0 Å². The van der Waals surface area contributed by atoms with Crippen LogP contribution in [-0.2, 0) is 14.3 Å². The smallest absolute Gasteiger partial charge is 0.323 e. The van der Waals surface area contributed by atoms with Gasteiger partial charge in [-0.05, 0) is 25.5 Å². The average molecular weight is 332 g/mol. The summed E-state index contributed by atoms with van der Waals surface area (Å²) in [6.45, 7) is 0.759. The summed E-state index contributed by atoms with van der Waals surface area (Å²) in [4.78, 5) is 29.4. The van der Waals surface area contributed by atoms with Crippen LogP contribution in [0.1, 0.15) is 12.8 Å². The third-order valence-electron chi connectivity index (χ3n) is 3.25. The van der Waals surface area contributed by atoms with Crippen LogP contribution in [0.4, 0.5) is 5.82 Å². The molecule has 1 aliphatic heterocycles. The van der Waals surface area contributed by atoms with Crippen LogP contribution in [0.3, 0.4) is 0 Å². The Balaban J connectivity index is 1.96. The predicted octanol–water partition coefficient (Wildman–Crippen LogP) is 1.96. The largest absolute Gasteiger partial charge is 0.468 e. The zero-order valence-corrected chi connectivity index (χ0v) is 12.9. The van der Waals surface area contributed by atoms with Gasteiger partial charge in [0.1, 0.15) is 6.04 Å². The molecule has 1 saturated heterocycles. The van der Waals surface area contributed by atoms with Crippen LogP contribution >= 0.6 is 23.2 Å². The van der Waals surface area contributed by atoms with Crippen LogP contribution in [0.5, 0.6) is 0 Å². The van der Waals surface area contributed by atoms with Gasteiger partial charge in [-0.15, -0.1) is 0 Å². The van der Waals surface area contributed by atoms with Crippen LogP contribution in [0.25, 0.3) is 0 Å². The van der Waals surface area contributed by atoms with Crippen molar-refractivity contribution < 1.29 is 14.3 Å². The highest BCUT2D eigenvalue weighted by Gasteiger charge is 2.32. The maximum Gasteiger partial charge on any atom is 0.323 e. The number of aromatic nitrogens is 1. The van der Waals surface area contributed by atoms with Crippen LogP contribution < -0.4 is 5.32 Å². The fourth-order valence-electron chi connectivity index (χ4n) is 2.28. The van der Waals surface area contributed by atoms with Crippen molar-refractivity contribution in [3.05, 3.63) is 22.3 Å². The van der Waals surface area contributed by atoms with E-state index in [1.165, 1.54) is 19.4 Å². The first-order valence-electron chi connectivity index (χ1n) is 6.44. The summed E-state index contributed by atoms with van der Waals surface area (Å²) in [6, 6.07) is 1.13. The third kappa shape index (κ3) is 4.06. The number of anilines is 1. The van der Waals surface area contributed by atoms with E-state index in [0.717, 1.165) is 6.42 Å². The van der Waals surface area contributed by atoms with E-state index in [2.05, 4.69) is 10.3 Å². The lowest BCUT2D eigenvalue weighted by molar-refractivity contribution is -0.146. The van der Waals surface area contributed by atoms with Gasteiger partial charge in [-0.2, -0.15) is 0 Å². The number of nitrogens with one attached hydrogen (secondary N) is 1. The van der Waals surface area contributed by atoms with E-state index >= 15 is 0 Å². The van der Waals surface area contributed by atoms with Crippen molar-refractivity contribution in [3.63, 3.8) is 0 Å². The van der Waals surface area contributed by atoms with Gasteiger partial charge in [0.25, 0.3) is 0 Å². The molecule has 1 unspecified atom stereocenters. The molecule has 21 heavy (non-hydrogen) atoms. The second-order valence-electron chi connectivity index (χ2n) is 4.68. The first kappa shape index (κ1) is 16.0. The number of carbonyl (C=O) groups excluding carboxylic acids is 2. The molecule has 1 aromatic heterocycles. The summed E-state index contributed by atoms with van der Waals surface area (Å²) in [5.41, 5.74) is 0. The average Bonchev–Trinajstić information content (AvgIpc) is 2.89. The topological polar surface area (TPSA) is 71.5 Å². The molecule has 0 bridgehead atoms. The van der Waals surface area contributed by atoms with Crippen molar-refractivity contribution in [1.29, 1.82) is 0 Å². The summed E-state index contributed by atoms with van der Waals surface area (Å²) in [7, 11) is 1.34. The number of carbonyl (C=O) groups is 2. The zero-order chi connectivity index (χ0) is 15.4. The van der Waals surface area contributed by atoms with Gasteiger partial charge in [0, 0.05) is 6.20 Å². The predicted molar refractivity (Wildman–Crippen MR) is 79.5 cm³/mol. The number of hydrogen-bond donors (Lipinski definition) is 1. The molecule has 114 valence electrons. The molecule has 0 saturated carbocycles. The zero-order valence-electron chi connectivity index (χ0n) is 11.4.